The number of hydrogen-bond acceptors (Lipinski definition) is 8. The molecule has 1 saturated carbocycles. The summed E-state index contributed by atoms with van der Waals surface area (Å²) in [6.07, 6.45) is 5.17. The normalized spacial score (nSPS) is 12.7. The van der Waals surface area contributed by atoms with E-state index in [0.717, 1.165) is 25.2 Å². The Kier molecular flexibility index (Phi) is 6.93. The molecular formula is C23H23FN6O4. The van der Waals surface area contributed by atoms with Crippen molar-refractivity contribution in [1.29, 1.82) is 0 Å². The molecule has 0 aliphatic heterocycles. The van der Waals surface area contributed by atoms with Crippen LogP contribution in [0.3, 0.4) is 0 Å². The Morgan fingerprint density at radius 3 is 2.56 bits per heavy atom. The topological polar surface area (TPSA) is 127 Å². The molecule has 0 spiro atoms. The van der Waals surface area contributed by atoms with Gasteiger partial charge in [0.2, 0.25) is 5.91 Å². The van der Waals surface area contributed by atoms with Gasteiger partial charge in [0.25, 0.3) is 5.91 Å². The minimum Gasteiger partial charge on any atom is -0.494 e. The van der Waals surface area contributed by atoms with Gasteiger partial charge >= 0.3 is 0 Å². The van der Waals surface area contributed by atoms with Gasteiger partial charge in [-0.3, -0.25) is 14.4 Å². The highest BCUT2D eigenvalue weighted by molar-refractivity contribution is 6.01. The molecule has 2 aromatic heterocycles. The van der Waals surface area contributed by atoms with Gasteiger partial charge in [-0.2, -0.15) is 0 Å². The van der Waals surface area contributed by atoms with E-state index in [4.69, 9.17) is 9.57 Å². The van der Waals surface area contributed by atoms with Crippen LogP contribution in [-0.4, -0.2) is 40.5 Å². The van der Waals surface area contributed by atoms with E-state index in [9.17, 15) is 14.0 Å². The number of carbonyl (C=O) groups is 2. The van der Waals surface area contributed by atoms with Crippen LogP contribution in [0.25, 0.3) is 11.4 Å². The fraction of sp³-hybridized carbons (Fsp3) is 0.261. The summed E-state index contributed by atoms with van der Waals surface area (Å²) >= 11 is 0. The van der Waals surface area contributed by atoms with Crippen molar-refractivity contribution in [2.75, 3.05) is 24.4 Å². The van der Waals surface area contributed by atoms with Crippen molar-refractivity contribution in [3.63, 3.8) is 0 Å². The molecule has 4 rings (SSSR count). The minimum atomic E-state index is -0.556. The number of benzene rings is 1. The summed E-state index contributed by atoms with van der Waals surface area (Å²) in [5, 5.41) is 5.94. The van der Waals surface area contributed by atoms with Crippen molar-refractivity contribution in [2.45, 2.75) is 19.8 Å². The Bertz CT molecular complexity index is 1200. The Morgan fingerprint density at radius 1 is 1.12 bits per heavy atom. The van der Waals surface area contributed by atoms with Gasteiger partial charge in [-0.25, -0.2) is 24.8 Å². The quantitative estimate of drug-likeness (QED) is 0.409. The number of carbonyl (C=O) groups excluding carboxylic acids is 2. The van der Waals surface area contributed by atoms with Crippen LogP contribution >= 0.6 is 0 Å². The molecular weight excluding hydrogens is 443 g/mol. The van der Waals surface area contributed by atoms with Crippen molar-refractivity contribution < 1.29 is 23.6 Å². The van der Waals surface area contributed by atoms with Gasteiger partial charge in [-0.15, -0.1) is 0 Å². The molecule has 3 N–H and O–H groups in total. The summed E-state index contributed by atoms with van der Waals surface area (Å²) in [6, 6.07) is 6.76. The zero-order valence-electron chi connectivity index (χ0n) is 18.6. The predicted molar refractivity (Wildman–Crippen MR) is 122 cm³/mol. The van der Waals surface area contributed by atoms with Gasteiger partial charge in [0, 0.05) is 18.2 Å². The number of anilines is 3. The van der Waals surface area contributed by atoms with Crippen molar-refractivity contribution in [3.05, 3.63) is 54.2 Å². The Balaban J connectivity index is 1.70. The average molecular weight is 466 g/mol. The van der Waals surface area contributed by atoms with Crippen LogP contribution in [0.1, 0.15) is 30.1 Å². The number of nitrogens with one attached hydrogen (secondary N) is 3. The van der Waals surface area contributed by atoms with Gasteiger partial charge in [-0.1, -0.05) is 6.07 Å². The molecule has 10 nitrogen and oxygen atoms in total. The number of nitrogens with zero attached hydrogens (tertiary/aromatic N) is 3. The molecule has 176 valence electrons. The first-order valence-electron chi connectivity index (χ1n) is 10.6. The summed E-state index contributed by atoms with van der Waals surface area (Å²) in [5.74, 6) is -0.253. The lowest BCUT2D eigenvalue weighted by Crippen LogP contribution is -2.25. The molecule has 2 amide bonds. The van der Waals surface area contributed by atoms with E-state index >= 15 is 0 Å². The highest BCUT2D eigenvalue weighted by atomic mass is 19.1. The van der Waals surface area contributed by atoms with Crippen LogP contribution in [-0.2, 0) is 9.63 Å². The molecule has 2 heterocycles. The van der Waals surface area contributed by atoms with Crippen LogP contribution in [0.15, 0.2) is 42.9 Å². The average Bonchev–Trinajstić information content (AvgIpc) is 3.69. The largest absolute Gasteiger partial charge is 0.494 e. The van der Waals surface area contributed by atoms with Crippen molar-refractivity contribution in [1.82, 2.24) is 20.4 Å². The zero-order valence-corrected chi connectivity index (χ0v) is 18.6. The number of pyridine rings is 1. The van der Waals surface area contributed by atoms with E-state index in [1.165, 1.54) is 13.3 Å². The van der Waals surface area contributed by atoms with Gasteiger partial charge < -0.3 is 15.4 Å². The van der Waals surface area contributed by atoms with E-state index in [-0.39, 0.29) is 29.8 Å². The van der Waals surface area contributed by atoms with Crippen LogP contribution < -0.4 is 20.9 Å². The molecule has 0 saturated heterocycles. The lowest BCUT2D eigenvalue weighted by molar-refractivity contribution is -0.117. The van der Waals surface area contributed by atoms with E-state index in [1.807, 2.05) is 0 Å². The van der Waals surface area contributed by atoms with Crippen LogP contribution in [0.4, 0.5) is 21.6 Å². The number of hydroxylamine groups is 1. The lowest BCUT2D eigenvalue weighted by Gasteiger charge is -2.17. The van der Waals surface area contributed by atoms with Gasteiger partial charge in [-0.05, 0) is 31.9 Å². The molecule has 11 heteroatoms. The first kappa shape index (κ1) is 23.1. The minimum absolute atomic E-state index is 0.00776. The molecule has 1 aliphatic rings. The number of methoxy groups -OCH3 is 1. The summed E-state index contributed by atoms with van der Waals surface area (Å²) in [7, 11) is 1.48. The number of hydrogen-bond donors (Lipinski definition) is 3. The number of amides is 2. The molecule has 3 aromatic rings. The highest BCUT2D eigenvalue weighted by Crippen LogP contribution is 2.37. The SMILES string of the molecule is CCONC(=O)c1cnc(NC(=O)C2CC2)cc1Nc1cccc(-c2ncc(F)cn2)c1OC. The first-order valence-corrected chi connectivity index (χ1v) is 10.6. The molecule has 1 fully saturated rings. The Morgan fingerprint density at radius 2 is 1.88 bits per heavy atom. The van der Waals surface area contributed by atoms with E-state index in [0.29, 0.717) is 28.5 Å². The van der Waals surface area contributed by atoms with Crippen LogP contribution in [0.2, 0.25) is 0 Å². The third-order valence-electron chi connectivity index (χ3n) is 5.01. The third-order valence-corrected chi connectivity index (χ3v) is 5.01. The number of halogens is 1. The summed E-state index contributed by atoms with van der Waals surface area (Å²) in [5.41, 5.74) is 3.89. The second-order valence-corrected chi connectivity index (χ2v) is 7.48. The second kappa shape index (κ2) is 10.2. The number of para-hydroxylation sites is 1. The fourth-order valence-corrected chi connectivity index (χ4v) is 3.20. The highest BCUT2D eigenvalue weighted by Gasteiger charge is 2.30. The monoisotopic (exact) mass is 466 g/mol. The molecule has 1 aliphatic carbocycles. The predicted octanol–water partition coefficient (Wildman–Crippen LogP) is 3.46. The maximum atomic E-state index is 13.3. The smallest absolute Gasteiger partial charge is 0.278 e. The maximum Gasteiger partial charge on any atom is 0.278 e. The maximum absolute atomic E-state index is 13.3. The zero-order chi connectivity index (χ0) is 24.1. The standard InChI is InChI=1S/C23H23FN6O4/c1-3-34-30-23(32)16-12-25-19(29-22(31)13-7-8-13)9-18(16)28-17-6-4-5-15(20(17)33-2)21-26-10-14(24)11-27-21/h4-6,9-13H,3,7-8H2,1-2H3,(H,30,32)(H2,25,28,29,31). The molecule has 1 aromatic carbocycles. The molecule has 0 radical (unpaired) electrons. The Labute approximate surface area is 194 Å². The van der Waals surface area contributed by atoms with E-state index < -0.39 is 11.7 Å². The molecule has 0 unspecified atom stereocenters. The summed E-state index contributed by atoms with van der Waals surface area (Å²) in [6.45, 7) is 2.02. The number of rotatable bonds is 9. The van der Waals surface area contributed by atoms with E-state index in [1.54, 1.807) is 31.2 Å². The van der Waals surface area contributed by atoms with Crippen molar-refractivity contribution in [3.8, 4) is 17.1 Å². The van der Waals surface area contributed by atoms with Crippen molar-refractivity contribution in [2.24, 2.45) is 5.92 Å². The number of ether oxygens (including phenoxy) is 1. The van der Waals surface area contributed by atoms with Gasteiger partial charge in [0.1, 0.15) is 5.82 Å². The third kappa shape index (κ3) is 5.26. The molecule has 0 atom stereocenters. The van der Waals surface area contributed by atoms with Crippen LogP contribution in [0, 0.1) is 11.7 Å². The molecule has 34 heavy (non-hydrogen) atoms. The second-order valence-electron chi connectivity index (χ2n) is 7.48. The Hall–Kier alpha value is -4.12. The van der Waals surface area contributed by atoms with Gasteiger partial charge in [0.15, 0.2) is 17.4 Å². The fourth-order valence-electron chi connectivity index (χ4n) is 3.20. The van der Waals surface area contributed by atoms with E-state index in [2.05, 4.69) is 31.1 Å². The van der Waals surface area contributed by atoms with Gasteiger partial charge in [0.05, 0.1) is 48.6 Å². The van der Waals surface area contributed by atoms with Crippen LogP contribution in [0.5, 0.6) is 5.75 Å². The lowest BCUT2D eigenvalue weighted by atomic mass is 10.1. The molecule has 0 bridgehead atoms. The van der Waals surface area contributed by atoms with Crippen molar-refractivity contribution >= 4 is 29.0 Å². The summed E-state index contributed by atoms with van der Waals surface area (Å²) in [4.78, 5) is 42.1. The first-order chi connectivity index (χ1) is 16.5. The number of aromatic nitrogens is 3. The summed E-state index contributed by atoms with van der Waals surface area (Å²) < 4.78 is 18.9.